The van der Waals surface area contributed by atoms with Crippen LogP contribution in [0, 0.1) is 10.1 Å². The van der Waals surface area contributed by atoms with Gasteiger partial charge in [-0.05, 0) is 17.7 Å². The van der Waals surface area contributed by atoms with Crippen LogP contribution in [0.1, 0.15) is 12.5 Å². The maximum Gasteiger partial charge on any atom is 0.269 e. The number of benzene rings is 1. The summed E-state index contributed by atoms with van der Waals surface area (Å²) < 4.78 is 0. The summed E-state index contributed by atoms with van der Waals surface area (Å²) in [5.41, 5.74) is -1.47. The van der Waals surface area contributed by atoms with Crippen LogP contribution < -0.4 is 5.32 Å². The van der Waals surface area contributed by atoms with Crippen molar-refractivity contribution >= 4 is 11.6 Å². The van der Waals surface area contributed by atoms with E-state index < -0.39 is 17.1 Å². The standard InChI is InChI=1S/C11H14N2O5/c1-8(15)12-6-11(16,7-14)9-2-4-10(5-3-9)13(17)18/h2-5,14,16H,6-7H2,1H3,(H,12,15). The van der Waals surface area contributed by atoms with Crippen molar-refractivity contribution in [1.82, 2.24) is 5.32 Å². The second kappa shape index (κ2) is 5.56. The Bertz CT molecular complexity index is 445. The quantitative estimate of drug-likeness (QED) is 0.502. The minimum Gasteiger partial charge on any atom is -0.393 e. The number of carbonyl (C=O) groups is 1. The van der Waals surface area contributed by atoms with Crippen LogP contribution in [0.25, 0.3) is 0 Å². The summed E-state index contributed by atoms with van der Waals surface area (Å²) in [5.74, 6) is -0.344. The molecular weight excluding hydrogens is 240 g/mol. The number of hydrogen-bond acceptors (Lipinski definition) is 5. The van der Waals surface area contributed by atoms with Gasteiger partial charge < -0.3 is 15.5 Å². The molecule has 7 heteroatoms. The molecule has 0 saturated carbocycles. The number of aliphatic hydroxyl groups is 2. The van der Waals surface area contributed by atoms with E-state index in [9.17, 15) is 25.1 Å². The fourth-order valence-corrected chi connectivity index (χ4v) is 1.41. The van der Waals surface area contributed by atoms with Gasteiger partial charge in [0.15, 0.2) is 0 Å². The van der Waals surface area contributed by atoms with Gasteiger partial charge in [0.1, 0.15) is 5.60 Å². The number of nitro groups is 1. The molecular formula is C11H14N2O5. The zero-order chi connectivity index (χ0) is 13.8. The third kappa shape index (κ3) is 3.25. The van der Waals surface area contributed by atoms with Crippen molar-refractivity contribution in [1.29, 1.82) is 0 Å². The van der Waals surface area contributed by atoms with Crippen molar-refractivity contribution in [2.75, 3.05) is 13.2 Å². The van der Waals surface area contributed by atoms with E-state index in [1.807, 2.05) is 0 Å². The van der Waals surface area contributed by atoms with E-state index in [0.29, 0.717) is 5.56 Å². The molecule has 1 rings (SSSR count). The summed E-state index contributed by atoms with van der Waals surface area (Å²) in [6.45, 7) is 0.509. The first-order valence-electron chi connectivity index (χ1n) is 5.21. The van der Waals surface area contributed by atoms with Crippen molar-refractivity contribution < 1.29 is 19.9 Å². The number of non-ortho nitro benzene ring substituents is 1. The number of amides is 1. The predicted molar refractivity (Wildman–Crippen MR) is 62.8 cm³/mol. The highest BCUT2D eigenvalue weighted by atomic mass is 16.6. The Morgan fingerprint density at radius 3 is 2.39 bits per heavy atom. The van der Waals surface area contributed by atoms with Crippen molar-refractivity contribution in [3.05, 3.63) is 39.9 Å². The van der Waals surface area contributed by atoms with Crippen LogP contribution >= 0.6 is 0 Å². The second-order valence-corrected chi connectivity index (χ2v) is 3.90. The van der Waals surface area contributed by atoms with Crippen molar-refractivity contribution in [2.24, 2.45) is 0 Å². The molecule has 0 aliphatic heterocycles. The van der Waals surface area contributed by atoms with Crippen molar-refractivity contribution in [3.63, 3.8) is 0 Å². The highest BCUT2D eigenvalue weighted by Crippen LogP contribution is 2.22. The molecule has 0 heterocycles. The molecule has 7 nitrogen and oxygen atoms in total. The molecule has 0 aliphatic rings. The van der Waals surface area contributed by atoms with E-state index in [1.54, 1.807) is 0 Å². The largest absolute Gasteiger partial charge is 0.393 e. The smallest absolute Gasteiger partial charge is 0.269 e. The fraction of sp³-hybridized carbons (Fsp3) is 0.364. The Morgan fingerprint density at radius 1 is 1.44 bits per heavy atom. The van der Waals surface area contributed by atoms with E-state index in [0.717, 1.165) is 0 Å². The topological polar surface area (TPSA) is 113 Å². The highest BCUT2D eigenvalue weighted by molar-refractivity contribution is 5.72. The van der Waals surface area contributed by atoms with E-state index in [1.165, 1.54) is 31.2 Å². The van der Waals surface area contributed by atoms with Gasteiger partial charge in [0, 0.05) is 19.1 Å². The fourth-order valence-electron chi connectivity index (χ4n) is 1.41. The van der Waals surface area contributed by atoms with Gasteiger partial charge in [0.25, 0.3) is 5.69 Å². The Balaban J connectivity index is 2.93. The number of aliphatic hydroxyl groups excluding tert-OH is 1. The van der Waals surface area contributed by atoms with E-state index >= 15 is 0 Å². The molecule has 3 N–H and O–H groups in total. The zero-order valence-corrected chi connectivity index (χ0v) is 9.79. The monoisotopic (exact) mass is 254 g/mol. The van der Waals surface area contributed by atoms with Crippen LogP contribution in [-0.2, 0) is 10.4 Å². The molecule has 0 aliphatic carbocycles. The number of nitrogens with one attached hydrogen (secondary N) is 1. The van der Waals surface area contributed by atoms with E-state index in [-0.39, 0.29) is 18.1 Å². The second-order valence-electron chi connectivity index (χ2n) is 3.90. The van der Waals surface area contributed by atoms with E-state index in [4.69, 9.17) is 0 Å². The summed E-state index contributed by atoms with van der Waals surface area (Å²) in [6, 6.07) is 5.14. The third-order valence-electron chi connectivity index (χ3n) is 2.51. The van der Waals surface area contributed by atoms with Gasteiger partial charge in [-0.25, -0.2) is 0 Å². The molecule has 0 fully saturated rings. The zero-order valence-electron chi connectivity index (χ0n) is 9.79. The predicted octanol–water partition coefficient (Wildman–Crippen LogP) is -0.0892. The van der Waals surface area contributed by atoms with Crippen LogP contribution in [-0.4, -0.2) is 34.2 Å². The van der Waals surface area contributed by atoms with Crippen LogP contribution in [0.2, 0.25) is 0 Å². The summed E-state index contributed by atoms with van der Waals surface area (Å²) in [6.07, 6.45) is 0. The van der Waals surface area contributed by atoms with Crippen molar-refractivity contribution in [2.45, 2.75) is 12.5 Å². The lowest BCUT2D eigenvalue weighted by Gasteiger charge is -2.26. The van der Waals surface area contributed by atoms with Crippen molar-refractivity contribution in [3.8, 4) is 0 Å². The Labute approximate surface area is 103 Å². The number of hydrogen-bond donors (Lipinski definition) is 3. The molecule has 0 radical (unpaired) electrons. The normalized spacial score (nSPS) is 13.7. The molecule has 1 atom stereocenters. The summed E-state index contributed by atoms with van der Waals surface area (Å²) in [5, 5.41) is 32.2. The Kier molecular flexibility index (Phi) is 4.35. The van der Waals surface area contributed by atoms with Crippen LogP contribution in [0.3, 0.4) is 0 Å². The van der Waals surface area contributed by atoms with Gasteiger partial charge in [-0.1, -0.05) is 0 Å². The molecule has 1 aromatic carbocycles. The van der Waals surface area contributed by atoms with Crippen LogP contribution in [0.15, 0.2) is 24.3 Å². The molecule has 1 unspecified atom stereocenters. The first-order chi connectivity index (χ1) is 8.39. The maximum atomic E-state index is 10.8. The highest BCUT2D eigenvalue weighted by Gasteiger charge is 2.29. The molecule has 0 spiro atoms. The molecule has 0 bridgehead atoms. The number of nitro benzene ring substituents is 1. The van der Waals surface area contributed by atoms with Gasteiger partial charge >= 0.3 is 0 Å². The lowest BCUT2D eigenvalue weighted by atomic mass is 9.94. The van der Waals surface area contributed by atoms with Gasteiger partial charge in [-0.15, -0.1) is 0 Å². The molecule has 0 saturated heterocycles. The summed E-state index contributed by atoms with van der Waals surface area (Å²) >= 11 is 0. The lowest BCUT2D eigenvalue weighted by molar-refractivity contribution is -0.384. The average Bonchev–Trinajstić information content (AvgIpc) is 2.36. The van der Waals surface area contributed by atoms with Gasteiger partial charge in [-0.2, -0.15) is 0 Å². The maximum absolute atomic E-state index is 10.8. The molecule has 1 aromatic rings. The van der Waals surface area contributed by atoms with Crippen LogP contribution in [0.5, 0.6) is 0 Å². The minimum atomic E-state index is -1.65. The number of rotatable bonds is 5. The SMILES string of the molecule is CC(=O)NCC(O)(CO)c1ccc([N+](=O)[O-])cc1. The van der Waals surface area contributed by atoms with Crippen LogP contribution in [0.4, 0.5) is 5.69 Å². The van der Waals surface area contributed by atoms with Gasteiger partial charge in [0.2, 0.25) is 5.91 Å². The van der Waals surface area contributed by atoms with E-state index in [2.05, 4.69) is 5.32 Å². The average molecular weight is 254 g/mol. The number of nitrogens with zero attached hydrogens (tertiary/aromatic N) is 1. The summed E-state index contributed by atoms with van der Waals surface area (Å²) in [7, 11) is 0. The number of carbonyl (C=O) groups excluding carboxylic acids is 1. The van der Waals surface area contributed by atoms with Gasteiger partial charge in [0.05, 0.1) is 18.1 Å². The first kappa shape index (κ1) is 14.1. The molecule has 1 amide bonds. The third-order valence-corrected chi connectivity index (χ3v) is 2.51. The Hall–Kier alpha value is -1.99. The molecule has 18 heavy (non-hydrogen) atoms. The molecule has 0 aromatic heterocycles. The summed E-state index contributed by atoms with van der Waals surface area (Å²) in [4.78, 5) is 20.7. The first-order valence-corrected chi connectivity index (χ1v) is 5.21. The molecule has 98 valence electrons. The Morgan fingerprint density at radius 2 is 2.00 bits per heavy atom. The minimum absolute atomic E-state index is 0.112. The lowest BCUT2D eigenvalue weighted by Crippen LogP contribution is -2.42. The van der Waals surface area contributed by atoms with Gasteiger partial charge in [-0.3, -0.25) is 14.9 Å².